The fraction of sp³-hybridized carbons (Fsp3) is 0.808. The molecular weight excluding hydrogens is 645 g/mol. The molecule has 3 nitrogen and oxygen atoms in total. The Balaban J connectivity index is -0.000000245. The molecule has 0 aliphatic carbocycles. The molecule has 1 rings (SSSR count). The summed E-state index contributed by atoms with van der Waals surface area (Å²) in [5, 5.41) is 11.1. The van der Waals surface area contributed by atoms with Gasteiger partial charge in [-0.3, -0.25) is 0 Å². The van der Waals surface area contributed by atoms with Crippen molar-refractivity contribution in [2.24, 2.45) is 0 Å². The Kier molecular flexibility index (Phi) is 24.0. The van der Waals surface area contributed by atoms with Crippen molar-refractivity contribution in [3.8, 4) is 0 Å². The summed E-state index contributed by atoms with van der Waals surface area (Å²) in [6, 6.07) is 4.84. The molecule has 0 aliphatic heterocycles. The van der Waals surface area contributed by atoms with Gasteiger partial charge in [-0.1, -0.05) is 83.1 Å². The molecule has 0 saturated heterocycles. The zero-order valence-electron chi connectivity index (χ0n) is 25.5. The summed E-state index contributed by atoms with van der Waals surface area (Å²) in [7, 11) is -7.72. The van der Waals surface area contributed by atoms with Crippen LogP contribution in [0.15, 0.2) is 24.3 Å². The van der Waals surface area contributed by atoms with E-state index in [1.165, 1.54) is 0 Å². The zero-order chi connectivity index (χ0) is 32.0. The first-order valence-electron chi connectivity index (χ1n) is 12.8. The Hall–Kier alpha value is -0.300. The fourth-order valence-corrected chi connectivity index (χ4v) is 6.02. The molecule has 0 fully saturated rings. The number of hydrogen-bond acceptors (Lipinski definition) is 0. The summed E-state index contributed by atoms with van der Waals surface area (Å²) in [6.07, 6.45) is 0. The second-order valence-corrected chi connectivity index (χ2v) is 14.2. The first-order valence-corrected chi connectivity index (χ1v) is 14.8. The molecule has 1 aromatic carbocycles. The van der Waals surface area contributed by atoms with Crippen LogP contribution in [0.4, 0.5) is 39.5 Å². The molecule has 0 radical (unpaired) electrons. The van der Waals surface area contributed by atoms with Crippen LogP contribution in [0.2, 0.25) is 0 Å². The Morgan fingerprint density at radius 2 is 0.625 bits per heavy atom. The minimum atomic E-state index is -7.72. The molecule has 0 heterocycles. The number of alkyl halides is 9. The minimum Gasteiger partial charge on any atom is -0.658 e. The Bertz CT molecular complexity index is 627. The van der Waals surface area contributed by atoms with E-state index in [4.69, 9.17) is 0 Å². The molecule has 0 atom stereocenters. The van der Waals surface area contributed by atoms with Crippen molar-refractivity contribution in [3.05, 3.63) is 40.2 Å². The first-order chi connectivity index (χ1) is 17.2. The summed E-state index contributed by atoms with van der Waals surface area (Å²) in [5.74, 6) is -19.2. The monoisotopic (exact) mass is 689 g/mol. The van der Waals surface area contributed by atoms with E-state index in [0.717, 1.165) is 0 Å². The van der Waals surface area contributed by atoms with Gasteiger partial charge in [-0.05, 0) is 0 Å². The standard InChI is InChI=1S/C8H4F9Si.3C6H14N.Zr/c9-6(10,11)18(7(12,13)14,8(15,16)17)5-3-1-2-4-5;3*1-5(2)7-6(3)4;/h1-4H;3*5-6H,1-4H3;/q4*-1;+4. The van der Waals surface area contributed by atoms with Gasteiger partial charge in [-0.2, -0.15) is 51.6 Å². The molecule has 0 saturated carbocycles. The van der Waals surface area contributed by atoms with Crippen LogP contribution in [0.5, 0.6) is 0 Å². The summed E-state index contributed by atoms with van der Waals surface area (Å²) >= 11 is 0. The third-order valence-corrected chi connectivity index (χ3v) is 7.91. The molecule has 0 spiro atoms. The summed E-state index contributed by atoms with van der Waals surface area (Å²) in [4.78, 5) is 0. The molecule has 40 heavy (non-hydrogen) atoms. The van der Waals surface area contributed by atoms with Crippen molar-refractivity contribution in [2.75, 3.05) is 0 Å². The van der Waals surface area contributed by atoms with Gasteiger partial charge in [0.2, 0.25) is 0 Å². The quantitative estimate of drug-likeness (QED) is 0.155. The smallest absolute Gasteiger partial charge is 0.658 e. The Labute approximate surface area is 255 Å². The molecule has 1 aromatic rings. The van der Waals surface area contributed by atoms with Gasteiger partial charge in [0.1, 0.15) is 0 Å². The molecular formula is C26H46F9N3SiZr. The van der Waals surface area contributed by atoms with Gasteiger partial charge < -0.3 is 16.0 Å². The first kappa shape index (κ1) is 46.7. The number of halogens is 9. The number of nitrogens with zero attached hydrogens (tertiary/aromatic N) is 3. The maximum atomic E-state index is 12.6. The third-order valence-electron chi connectivity index (χ3n) is 4.16. The molecule has 0 aliphatic rings. The molecule has 236 valence electrons. The summed E-state index contributed by atoms with van der Waals surface area (Å²) in [6.45, 7) is 25.2. The maximum Gasteiger partial charge on any atom is 4.00 e. The molecule has 0 aromatic heterocycles. The molecule has 0 unspecified atom stereocenters. The van der Waals surface area contributed by atoms with Crippen LogP contribution in [0.3, 0.4) is 0 Å². The van der Waals surface area contributed by atoms with E-state index < -0.39 is 30.7 Å². The summed E-state index contributed by atoms with van der Waals surface area (Å²) < 4.78 is 113. The predicted octanol–water partition coefficient (Wildman–Crippen LogP) is 9.89. The third kappa shape index (κ3) is 19.0. The van der Waals surface area contributed by atoms with Crippen LogP contribution >= 0.6 is 0 Å². The van der Waals surface area contributed by atoms with E-state index >= 15 is 0 Å². The van der Waals surface area contributed by atoms with E-state index in [1.807, 2.05) is 0 Å². The van der Waals surface area contributed by atoms with Crippen LogP contribution in [0, 0.1) is 0 Å². The second-order valence-electron chi connectivity index (χ2n) is 10.4. The van der Waals surface area contributed by atoms with Gasteiger partial charge in [-0.25, -0.2) is 12.1 Å². The van der Waals surface area contributed by atoms with E-state index in [-0.39, 0.29) is 38.3 Å². The average Bonchev–Trinajstić information content (AvgIpc) is 3.10. The minimum absolute atomic E-state index is 0. The normalized spacial score (nSPS) is 12.6. The summed E-state index contributed by atoms with van der Waals surface area (Å²) in [5.41, 5.74) is 0. The fourth-order valence-electron chi connectivity index (χ4n) is 3.39. The van der Waals surface area contributed by atoms with Crippen molar-refractivity contribution in [1.29, 1.82) is 0 Å². The van der Waals surface area contributed by atoms with Crippen molar-refractivity contribution in [2.45, 2.75) is 137 Å². The van der Waals surface area contributed by atoms with Crippen LogP contribution in [0.25, 0.3) is 16.0 Å². The Morgan fingerprint density at radius 1 is 0.450 bits per heavy atom. The number of rotatable bonds is 7. The van der Waals surface area contributed by atoms with Crippen LogP contribution < -0.4 is 5.19 Å². The molecule has 14 heteroatoms. The van der Waals surface area contributed by atoms with E-state index in [0.29, 0.717) is 48.4 Å². The van der Waals surface area contributed by atoms with Crippen molar-refractivity contribution in [1.82, 2.24) is 0 Å². The zero-order valence-corrected chi connectivity index (χ0v) is 29.0. The Morgan fingerprint density at radius 3 is 0.725 bits per heavy atom. The predicted molar refractivity (Wildman–Crippen MR) is 146 cm³/mol. The van der Waals surface area contributed by atoms with E-state index in [1.54, 1.807) is 0 Å². The van der Waals surface area contributed by atoms with Crippen molar-refractivity contribution >= 4 is 13.3 Å². The van der Waals surface area contributed by atoms with Crippen LogP contribution in [-0.2, 0) is 26.2 Å². The second kappa shape index (κ2) is 20.6. The van der Waals surface area contributed by atoms with Crippen LogP contribution in [0.1, 0.15) is 83.1 Å². The van der Waals surface area contributed by atoms with Crippen molar-refractivity contribution < 1.29 is 65.7 Å². The van der Waals surface area contributed by atoms with Crippen molar-refractivity contribution in [3.63, 3.8) is 0 Å². The average molecular weight is 691 g/mol. The molecule has 0 bridgehead atoms. The molecule has 0 amide bonds. The van der Waals surface area contributed by atoms with Gasteiger partial charge in [-0.15, -0.1) is 41.4 Å². The maximum absolute atomic E-state index is 12.6. The van der Waals surface area contributed by atoms with Gasteiger partial charge in [0.05, 0.1) is 0 Å². The number of hydrogen-bond donors (Lipinski definition) is 0. The molecule has 0 N–H and O–H groups in total. The van der Waals surface area contributed by atoms with E-state index in [2.05, 4.69) is 99.0 Å². The van der Waals surface area contributed by atoms with Gasteiger partial charge in [0, 0.05) is 0 Å². The van der Waals surface area contributed by atoms with E-state index in [9.17, 15) is 39.5 Å². The van der Waals surface area contributed by atoms with Gasteiger partial charge >= 0.3 is 51.7 Å². The van der Waals surface area contributed by atoms with Gasteiger partial charge in [0.25, 0.3) is 0 Å². The van der Waals surface area contributed by atoms with Gasteiger partial charge in [0.15, 0.2) is 0 Å². The largest absolute Gasteiger partial charge is 4.00 e. The topological polar surface area (TPSA) is 42.3 Å². The SMILES string of the molecule is CC(C)[N-]C(C)C.CC(C)[N-]C(C)C.CC(C)[N-]C(C)C.FC(F)(F)[Si]([c-]1cccc1)(C(F)(F)F)C(F)(F)F.[Zr+4]. The van der Waals surface area contributed by atoms with Crippen LogP contribution in [-0.4, -0.2) is 61.7 Å².